The number of hydrogen-bond acceptors (Lipinski definition) is 4. The van der Waals surface area contributed by atoms with Crippen molar-refractivity contribution in [3.05, 3.63) is 54.1 Å². The van der Waals surface area contributed by atoms with Crippen LogP contribution in [0.5, 0.6) is 11.5 Å². The third-order valence-corrected chi connectivity index (χ3v) is 4.07. The van der Waals surface area contributed by atoms with E-state index in [4.69, 9.17) is 9.47 Å². The second kappa shape index (κ2) is 6.68. The van der Waals surface area contributed by atoms with Crippen LogP contribution < -0.4 is 14.8 Å². The Morgan fingerprint density at radius 3 is 2.75 bits per heavy atom. The summed E-state index contributed by atoms with van der Waals surface area (Å²) < 4.78 is 10.7. The van der Waals surface area contributed by atoms with E-state index in [0.717, 1.165) is 30.3 Å². The summed E-state index contributed by atoms with van der Waals surface area (Å²) in [6, 6.07) is 16.6. The van der Waals surface area contributed by atoms with E-state index >= 15 is 0 Å². The minimum atomic E-state index is 0.333. The molecule has 20 heavy (non-hydrogen) atoms. The van der Waals surface area contributed by atoms with Crippen LogP contribution >= 0.6 is 11.8 Å². The second-order valence-corrected chi connectivity index (χ2v) is 5.69. The van der Waals surface area contributed by atoms with E-state index in [1.165, 1.54) is 10.5 Å². The molecule has 2 aromatic carbocycles. The smallest absolute Gasteiger partial charge is 0.231 e. The first-order chi connectivity index (χ1) is 9.92. The first-order valence-corrected chi connectivity index (χ1v) is 7.67. The summed E-state index contributed by atoms with van der Waals surface area (Å²) in [7, 11) is 0. The number of ether oxygens (including phenoxy) is 2. The molecule has 1 aliphatic heterocycles. The standard InChI is InChI=1S/C16H17NO2S/c1-2-4-14(5-3-1)20-9-8-17-11-13-6-7-15-16(10-13)19-12-18-15/h1-7,10,17H,8-9,11-12H2. The molecule has 1 N–H and O–H groups in total. The van der Waals surface area contributed by atoms with Crippen molar-refractivity contribution in [2.24, 2.45) is 0 Å². The fraction of sp³-hybridized carbons (Fsp3) is 0.250. The molecule has 0 saturated heterocycles. The molecule has 2 aromatic rings. The molecule has 1 aliphatic rings. The van der Waals surface area contributed by atoms with Gasteiger partial charge >= 0.3 is 0 Å². The van der Waals surface area contributed by atoms with Crippen LogP contribution in [0, 0.1) is 0 Å². The van der Waals surface area contributed by atoms with E-state index in [1.54, 1.807) is 0 Å². The Morgan fingerprint density at radius 2 is 1.85 bits per heavy atom. The molecule has 0 amide bonds. The number of rotatable bonds is 6. The van der Waals surface area contributed by atoms with Gasteiger partial charge in [0.1, 0.15) is 0 Å². The van der Waals surface area contributed by atoms with Gasteiger partial charge in [-0.1, -0.05) is 24.3 Å². The molecule has 0 aromatic heterocycles. The quantitative estimate of drug-likeness (QED) is 0.652. The third kappa shape index (κ3) is 3.46. The number of fused-ring (bicyclic) bond motifs is 1. The molecule has 0 aliphatic carbocycles. The molecule has 1 heterocycles. The SMILES string of the molecule is c1ccc(SCCNCc2ccc3c(c2)OCO3)cc1. The van der Waals surface area contributed by atoms with Crippen LogP contribution in [-0.4, -0.2) is 19.1 Å². The molecule has 0 radical (unpaired) electrons. The van der Waals surface area contributed by atoms with Crippen molar-refractivity contribution in [1.82, 2.24) is 5.32 Å². The lowest BCUT2D eigenvalue weighted by molar-refractivity contribution is 0.174. The number of thioether (sulfide) groups is 1. The monoisotopic (exact) mass is 287 g/mol. The molecular formula is C16H17NO2S. The van der Waals surface area contributed by atoms with E-state index in [0.29, 0.717) is 6.79 Å². The summed E-state index contributed by atoms with van der Waals surface area (Å²) in [6.07, 6.45) is 0. The van der Waals surface area contributed by atoms with E-state index in [9.17, 15) is 0 Å². The van der Waals surface area contributed by atoms with E-state index in [1.807, 2.05) is 30.0 Å². The first-order valence-electron chi connectivity index (χ1n) is 6.69. The van der Waals surface area contributed by atoms with Gasteiger partial charge in [-0.15, -0.1) is 11.8 Å². The Bertz CT molecular complexity index is 560. The number of hydrogen-bond donors (Lipinski definition) is 1. The lowest BCUT2D eigenvalue weighted by Crippen LogP contribution is -2.16. The predicted octanol–water partition coefficient (Wildman–Crippen LogP) is 3.30. The van der Waals surface area contributed by atoms with Gasteiger partial charge < -0.3 is 14.8 Å². The van der Waals surface area contributed by atoms with Crippen LogP contribution in [0.2, 0.25) is 0 Å². The lowest BCUT2D eigenvalue weighted by atomic mass is 10.2. The molecule has 3 rings (SSSR count). The highest BCUT2D eigenvalue weighted by Crippen LogP contribution is 2.32. The molecule has 0 saturated carbocycles. The minimum absolute atomic E-state index is 0.333. The zero-order valence-electron chi connectivity index (χ0n) is 11.2. The van der Waals surface area contributed by atoms with Crippen LogP contribution in [0.15, 0.2) is 53.4 Å². The highest BCUT2D eigenvalue weighted by atomic mass is 32.2. The molecule has 4 heteroatoms. The highest BCUT2D eigenvalue weighted by molar-refractivity contribution is 7.99. The Kier molecular flexibility index (Phi) is 4.46. The fourth-order valence-corrected chi connectivity index (χ4v) is 2.87. The zero-order chi connectivity index (χ0) is 13.6. The first kappa shape index (κ1) is 13.3. The van der Waals surface area contributed by atoms with Crippen molar-refractivity contribution in [1.29, 1.82) is 0 Å². The van der Waals surface area contributed by atoms with Gasteiger partial charge in [0, 0.05) is 23.7 Å². The van der Waals surface area contributed by atoms with Gasteiger partial charge in [0.05, 0.1) is 0 Å². The van der Waals surface area contributed by atoms with E-state index in [-0.39, 0.29) is 0 Å². The minimum Gasteiger partial charge on any atom is -0.454 e. The molecule has 104 valence electrons. The summed E-state index contributed by atoms with van der Waals surface area (Å²) in [5.74, 6) is 2.76. The molecule has 0 bridgehead atoms. The summed E-state index contributed by atoms with van der Waals surface area (Å²) in [6.45, 7) is 2.17. The zero-order valence-corrected chi connectivity index (χ0v) is 12.0. The van der Waals surface area contributed by atoms with Crippen LogP contribution in [0.25, 0.3) is 0 Å². The highest BCUT2D eigenvalue weighted by Gasteiger charge is 2.12. The van der Waals surface area contributed by atoms with E-state index < -0.39 is 0 Å². The Hall–Kier alpha value is -1.65. The van der Waals surface area contributed by atoms with Crippen LogP contribution in [-0.2, 0) is 6.54 Å². The topological polar surface area (TPSA) is 30.5 Å². The Morgan fingerprint density at radius 1 is 1.00 bits per heavy atom. The average molecular weight is 287 g/mol. The van der Waals surface area contributed by atoms with Crippen molar-refractivity contribution < 1.29 is 9.47 Å². The van der Waals surface area contributed by atoms with Crippen molar-refractivity contribution in [3.63, 3.8) is 0 Å². The summed E-state index contributed by atoms with van der Waals surface area (Å²) in [5.41, 5.74) is 1.22. The normalized spacial score (nSPS) is 12.6. The fourth-order valence-electron chi connectivity index (χ4n) is 2.04. The van der Waals surface area contributed by atoms with Gasteiger partial charge in [-0.25, -0.2) is 0 Å². The van der Waals surface area contributed by atoms with Gasteiger partial charge in [-0.05, 0) is 29.8 Å². The van der Waals surface area contributed by atoms with Crippen LogP contribution in [0.1, 0.15) is 5.56 Å². The van der Waals surface area contributed by atoms with Gasteiger partial charge in [0.15, 0.2) is 11.5 Å². The largest absolute Gasteiger partial charge is 0.454 e. The maximum atomic E-state index is 5.37. The molecule has 3 nitrogen and oxygen atoms in total. The predicted molar refractivity (Wildman–Crippen MR) is 81.4 cm³/mol. The Balaban J connectivity index is 1.40. The molecule has 0 spiro atoms. The van der Waals surface area contributed by atoms with Gasteiger partial charge in [-0.3, -0.25) is 0 Å². The molecule has 0 atom stereocenters. The molecular weight excluding hydrogens is 270 g/mol. The van der Waals surface area contributed by atoms with Gasteiger partial charge in [0.2, 0.25) is 6.79 Å². The maximum absolute atomic E-state index is 5.37. The number of nitrogens with one attached hydrogen (secondary N) is 1. The van der Waals surface area contributed by atoms with E-state index in [2.05, 4.69) is 35.6 Å². The lowest BCUT2D eigenvalue weighted by Gasteiger charge is -2.06. The van der Waals surface area contributed by atoms with Gasteiger partial charge in [0.25, 0.3) is 0 Å². The summed E-state index contributed by atoms with van der Waals surface area (Å²) in [5, 5.41) is 3.45. The molecule has 0 unspecified atom stereocenters. The van der Waals surface area contributed by atoms with Crippen molar-refractivity contribution >= 4 is 11.8 Å². The Labute approximate surface area is 123 Å². The van der Waals surface area contributed by atoms with Crippen molar-refractivity contribution in [2.45, 2.75) is 11.4 Å². The average Bonchev–Trinajstić information content (AvgIpc) is 2.95. The molecule has 0 fully saturated rings. The summed E-state index contributed by atoms with van der Waals surface area (Å²) >= 11 is 1.87. The summed E-state index contributed by atoms with van der Waals surface area (Å²) in [4.78, 5) is 1.32. The van der Waals surface area contributed by atoms with Gasteiger partial charge in [-0.2, -0.15) is 0 Å². The van der Waals surface area contributed by atoms with Crippen molar-refractivity contribution in [3.8, 4) is 11.5 Å². The number of benzene rings is 2. The second-order valence-electron chi connectivity index (χ2n) is 4.53. The van der Waals surface area contributed by atoms with Crippen LogP contribution in [0.4, 0.5) is 0 Å². The third-order valence-electron chi connectivity index (χ3n) is 3.06. The maximum Gasteiger partial charge on any atom is 0.231 e. The van der Waals surface area contributed by atoms with Crippen LogP contribution in [0.3, 0.4) is 0 Å². The van der Waals surface area contributed by atoms with Crippen molar-refractivity contribution in [2.75, 3.05) is 19.1 Å².